The second-order valence-electron chi connectivity index (χ2n) is 5.45. The summed E-state index contributed by atoms with van der Waals surface area (Å²) in [5.41, 5.74) is 1.38. The van der Waals surface area contributed by atoms with Crippen LogP contribution in [0.25, 0.3) is 0 Å². The standard InChI is InChI=1S/C18H16N2O3/c1-12-9-17(18(21)22-12)20-14-3-2-4-16(10-14)23-15-7-5-13(11-19)6-8-15/h2-8,10,12,17,20H,9H2,1H3/t12-,17+/m1/s1. The minimum atomic E-state index is -0.324. The lowest BCUT2D eigenvalue weighted by atomic mass is 10.1. The third-order valence-electron chi connectivity index (χ3n) is 3.56. The summed E-state index contributed by atoms with van der Waals surface area (Å²) in [4.78, 5) is 11.7. The molecule has 0 amide bonds. The zero-order chi connectivity index (χ0) is 16.2. The molecule has 0 aliphatic carbocycles. The summed E-state index contributed by atoms with van der Waals surface area (Å²) in [6.07, 6.45) is 0.595. The number of esters is 1. The summed E-state index contributed by atoms with van der Waals surface area (Å²) in [5.74, 6) is 1.07. The van der Waals surface area contributed by atoms with Crippen LogP contribution in [0.2, 0.25) is 0 Å². The smallest absolute Gasteiger partial charge is 0.328 e. The molecule has 1 fully saturated rings. The molecule has 3 rings (SSSR count). The van der Waals surface area contributed by atoms with Crippen molar-refractivity contribution in [1.29, 1.82) is 5.26 Å². The van der Waals surface area contributed by atoms with Gasteiger partial charge in [-0.05, 0) is 43.3 Å². The molecule has 2 aromatic rings. The van der Waals surface area contributed by atoms with Gasteiger partial charge in [0.2, 0.25) is 0 Å². The monoisotopic (exact) mass is 308 g/mol. The number of ether oxygens (including phenoxy) is 2. The highest BCUT2D eigenvalue weighted by molar-refractivity contribution is 5.81. The zero-order valence-corrected chi connectivity index (χ0v) is 12.7. The molecule has 0 spiro atoms. The number of anilines is 1. The summed E-state index contributed by atoms with van der Waals surface area (Å²) in [6.45, 7) is 1.88. The van der Waals surface area contributed by atoms with Gasteiger partial charge in [-0.1, -0.05) is 6.07 Å². The van der Waals surface area contributed by atoms with E-state index in [1.54, 1.807) is 24.3 Å². The first-order valence-electron chi connectivity index (χ1n) is 7.39. The van der Waals surface area contributed by atoms with Gasteiger partial charge in [0.15, 0.2) is 0 Å². The first kappa shape index (κ1) is 14.9. The second kappa shape index (κ2) is 6.41. The lowest BCUT2D eigenvalue weighted by Crippen LogP contribution is -2.24. The molecule has 1 saturated heterocycles. The van der Waals surface area contributed by atoms with E-state index in [-0.39, 0.29) is 18.1 Å². The van der Waals surface area contributed by atoms with Crippen LogP contribution in [0.4, 0.5) is 5.69 Å². The molecule has 0 radical (unpaired) electrons. The van der Waals surface area contributed by atoms with Crippen molar-refractivity contribution >= 4 is 11.7 Å². The van der Waals surface area contributed by atoms with E-state index < -0.39 is 0 Å². The van der Waals surface area contributed by atoms with E-state index in [9.17, 15) is 4.79 Å². The fraction of sp³-hybridized carbons (Fsp3) is 0.222. The van der Waals surface area contributed by atoms with Gasteiger partial charge in [-0.3, -0.25) is 0 Å². The third kappa shape index (κ3) is 3.61. The van der Waals surface area contributed by atoms with Crippen LogP contribution in [0.5, 0.6) is 11.5 Å². The number of nitrogens with zero attached hydrogens (tertiary/aromatic N) is 1. The van der Waals surface area contributed by atoms with Gasteiger partial charge in [-0.2, -0.15) is 5.26 Å². The van der Waals surface area contributed by atoms with Gasteiger partial charge in [0.05, 0.1) is 11.6 Å². The summed E-state index contributed by atoms with van der Waals surface area (Å²) in [6, 6.07) is 16.0. The highest BCUT2D eigenvalue weighted by Gasteiger charge is 2.31. The first-order chi connectivity index (χ1) is 11.1. The molecule has 0 bridgehead atoms. The molecule has 2 aromatic carbocycles. The third-order valence-corrected chi connectivity index (χ3v) is 3.56. The average molecular weight is 308 g/mol. The molecule has 0 unspecified atom stereocenters. The van der Waals surface area contributed by atoms with Crippen LogP contribution >= 0.6 is 0 Å². The number of rotatable bonds is 4. The van der Waals surface area contributed by atoms with Gasteiger partial charge in [0.1, 0.15) is 23.6 Å². The molecule has 2 atom stereocenters. The van der Waals surface area contributed by atoms with E-state index >= 15 is 0 Å². The Morgan fingerprint density at radius 1 is 1.22 bits per heavy atom. The highest BCUT2D eigenvalue weighted by Crippen LogP contribution is 2.26. The van der Waals surface area contributed by atoms with Gasteiger partial charge in [-0.25, -0.2) is 4.79 Å². The summed E-state index contributed by atoms with van der Waals surface area (Å²) in [5, 5.41) is 12.0. The van der Waals surface area contributed by atoms with Gasteiger partial charge in [0, 0.05) is 18.2 Å². The quantitative estimate of drug-likeness (QED) is 0.876. The lowest BCUT2D eigenvalue weighted by Gasteiger charge is -2.12. The maximum Gasteiger partial charge on any atom is 0.328 e. The molecule has 0 saturated carbocycles. The largest absolute Gasteiger partial charge is 0.461 e. The number of nitrogens with one attached hydrogen (secondary N) is 1. The summed E-state index contributed by atoms with van der Waals surface area (Å²) >= 11 is 0. The van der Waals surface area contributed by atoms with E-state index in [2.05, 4.69) is 11.4 Å². The van der Waals surface area contributed by atoms with E-state index in [1.165, 1.54) is 0 Å². The van der Waals surface area contributed by atoms with Gasteiger partial charge < -0.3 is 14.8 Å². The first-order valence-corrected chi connectivity index (χ1v) is 7.39. The Labute approximate surface area is 134 Å². The Kier molecular flexibility index (Phi) is 4.15. The van der Waals surface area contributed by atoms with Crippen LogP contribution in [-0.2, 0) is 9.53 Å². The number of cyclic esters (lactones) is 1. The van der Waals surface area contributed by atoms with Crippen LogP contribution < -0.4 is 10.1 Å². The number of benzene rings is 2. The molecule has 23 heavy (non-hydrogen) atoms. The molecule has 1 aliphatic heterocycles. The van der Waals surface area contributed by atoms with Crippen molar-refractivity contribution in [2.75, 3.05) is 5.32 Å². The molecule has 5 heteroatoms. The maximum absolute atomic E-state index is 11.7. The van der Waals surface area contributed by atoms with Crippen LogP contribution in [0.15, 0.2) is 48.5 Å². The van der Waals surface area contributed by atoms with Crippen LogP contribution in [0, 0.1) is 11.3 Å². The van der Waals surface area contributed by atoms with Crippen molar-refractivity contribution in [3.8, 4) is 17.6 Å². The van der Waals surface area contributed by atoms with E-state index in [4.69, 9.17) is 14.7 Å². The van der Waals surface area contributed by atoms with Crippen molar-refractivity contribution in [2.24, 2.45) is 0 Å². The molecular formula is C18H16N2O3. The van der Waals surface area contributed by atoms with E-state index in [1.807, 2.05) is 31.2 Å². The van der Waals surface area contributed by atoms with E-state index in [0.717, 1.165) is 5.69 Å². The Morgan fingerprint density at radius 3 is 2.65 bits per heavy atom. The average Bonchev–Trinajstić information content (AvgIpc) is 2.86. The van der Waals surface area contributed by atoms with Crippen LogP contribution in [-0.4, -0.2) is 18.1 Å². The van der Waals surface area contributed by atoms with Crippen molar-refractivity contribution < 1.29 is 14.3 Å². The second-order valence-corrected chi connectivity index (χ2v) is 5.45. The SMILES string of the molecule is C[C@@H]1C[C@H](Nc2cccc(Oc3ccc(C#N)cc3)c2)C(=O)O1. The molecule has 1 N–H and O–H groups in total. The van der Waals surface area contributed by atoms with Crippen molar-refractivity contribution in [3.63, 3.8) is 0 Å². The normalized spacial score (nSPS) is 19.7. The number of hydrogen-bond donors (Lipinski definition) is 1. The van der Waals surface area contributed by atoms with Crippen molar-refractivity contribution in [3.05, 3.63) is 54.1 Å². The fourth-order valence-electron chi connectivity index (χ4n) is 2.46. The predicted molar refractivity (Wildman–Crippen MR) is 85.3 cm³/mol. The zero-order valence-electron chi connectivity index (χ0n) is 12.7. The van der Waals surface area contributed by atoms with Gasteiger partial charge in [0.25, 0.3) is 0 Å². The lowest BCUT2D eigenvalue weighted by molar-refractivity contribution is -0.141. The van der Waals surface area contributed by atoms with Crippen LogP contribution in [0.3, 0.4) is 0 Å². The summed E-state index contributed by atoms with van der Waals surface area (Å²) < 4.78 is 10.9. The molecule has 5 nitrogen and oxygen atoms in total. The predicted octanol–water partition coefficient (Wildman–Crippen LogP) is 3.47. The molecular weight excluding hydrogens is 292 g/mol. The minimum Gasteiger partial charge on any atom is -0.461 e. The topological polar surface area (TPSA) is 71.3 Å². The number of carbonyl (C=O) groups is 1. The van der Waals surface area contributed by atoms with Gasteiger partial charge >= 0.3 is 5.97 Å². The maximum atomic E-state index is 11.7. The number of hydrogen-bond acceptors (Lipinski definition) is 5. The van der Waals surface area contributed by atoms with Crippen molar-refractivity contribution in [2.45, 2.75) is 25.5 Å². The highest BCUT2D eigenvalue weighted by atomic mass is 16.6. The molecule has 0 aromatic heterocycles. The fourth-order valence-corrected chi connectivity index (χ4v) is 2.46. The minimum absolute atomic E-state index is 0.0573. The Balaban J connectivity index is 1.69. The Bertz CT molecular complexity index is 750. The van der Waals surface area contributed by atoms with Crippen LogP contribution in [0.1, 0.15) is 18.9 Å². The molecule has 1 heterocycles. The van der Waals surface area contributed by atoms with Gasteiger partial charge in [-0.15, -0.1) is 0 Å². The summed E-state index contributed by atoms with van der Waals surface area (Å²) in [7, 11) is 0. The Hall–Kier alpha value is -3.00. The number of carbonyl (C=O) groups excluding carboxylic acids is 1. The van der Waals surface area contributed by atoms with E-state index in [0.29, 0.717) is 23.5 Å². The number of nitriles is 1. The Morgan fingerprint density at radius 2 is 2.00 bits per heavy atom. The van der Waals surface area contributed by atoms with Crippen molar-refractivity contribution in [1.82, 2.24) is 0 Å². The molecule has 1 aliphatic rings. The molecule has 116 valence electrons.